The minimum atomic E-state index is -0.228. The Morgan fingerprint density at radius 1 is 1.43 bits per heavy atom. The van der Waals surface area contributed by atoms with Gasteiger partial charge in [-0.05, 0) is 30.2 Å². The van der Waals surface area contributed by atoms with E-state index in [2.05, 4.69) is 43.1 Å². The van der Waals surface area contributed by atoms with Gasteiger partial charge in [-0.15, -0.1) is 0 Å². The van der Waals surface area contributed by atoms with Gasteiger partial charge in [-0.25, -0.2) is 4.39 Å². The van der Waals surface area contributed by atoms with Crippen LogP contribution in [0.4, 0.5) is 4.39 Å². The number of hydrogen-bond acceptors (Lipinski definition) is 1. The molecule has 21 heavy (non-hydrogen) atoms. The van der Waals surface area contributed by atoms with Crippen molar-refractivity contribution in [1.29, 1.82) is 0 Å². The average molecular weight is 353 g/mol. The van der Waals surface area contributed by atoms with Crippen LogP contribution in [-0.4, -0.2) is 31.1 Å². The number of nitrogens with zero attached hydrogens (tertiary/aromatic N) is 1. The number of aliphatic imine (C=N–C) groups is 1. The van der Waals surface area contributed by atoms with Gasteiger partial charge in [0.1, 0.15) is 5.82 Å². The Bertz CT molecular complexity index is 663. The van der Waals surface area contributed by atoms with Crippen LogP contribution >= 0.6 is 15.9 Å². The molecule has 6 heteroatoms. The molecular weight excluding hydrogens is 335 g/mol. The van der Waals surface area contributed by atoms with Crippen LogP contribution in [0.2, 0.25) is 0 Å². The van der Waals surface area contributed by atoms with E-state index in [9.17, 15) is 4.39 Å². The number of benzene rings is 1. The molecule has 3 N–H and O–H groups in total. The van der Waals surface area contributed by atoms with Crippen molar-refractivity contribution >= 4 is 32.8 Å². The molecule has 0 saturated heterocycles. The normalized spacial score (nSPS) is 11.7. The summed E-state index contributed by atoms with van der Waals surface area (Å²) in [5, 5.41) is 7.41. The smallest absolute Gasteiger partial charge is 0.191 e. The first kappa shape index (κ1) is 15.6. The Kier molecular flexibility index (Phi) is 5.38. The summed E-state index contributed by atoms with van der Waals surface area (Å²) in [5.41, 5.74) is 1.97. The zero-order chi connectivity index (χ0) is 15.2. The molecule has 112 valence electrons. The van der Waals surface area contributed by atoms with E-state index in [-0.39, 0.29) is 5.82 Å². The van der Waals surface area contributed by atoms with Gasteiger partial charge < -0.3 is 15.6 Å². The number of hydrogen-bond donors (Lipinski definition) is 3. The lowest BCUT2D eigenvalue weighted by molar-refractivity contribution is 0.629. The first-order valence-corrected chi connectivity index (χ1v) is 7.42. The molecular formula is C15H18BrFN4. The van der Waals surface area contributed by atoms with E-state index in [1.165, 1.54) is 12.1 Å². The summed E-state index contributed by atoms with van der Waals surface area (Å²) in [5.74, 6) is 0.495. The second kappa shape index (κ2) is 7.26. The van der Waals surface area contributed by atoms with Crippen LogP contribution in [0.3, 0.4) is 0 Å². The predicted molar refractivity (Wildman–Crippen MR) is 89.4 cm³/mol. The lowest BCUT2D eigenvalue weighted by atomic mass is 10.1. The maximum atomic E-state index is 13.1. The molecule has 0 amide bonds. The third-order valence-electron chi connectivity index (χ3n) is 3.09. The highest BCUT2D eigenvalue weighted by atomic mass is 79.9. The van der Waals surface area contributed by atoms with Gasteiger partial charge in [0.2, 0.25) is 0 Å². The summed E-state index contributed by atoms with van der Waals surface area (Å²) < 4.78 is 14.0. The van der Waals surface area contributed by atoms with Gasteiger partial charge >= 0.3 is 0 Å². The number of halogens is 2. The molecule has 4 nitrogen and oxygen atoms in total. The summed E-state index contributed by atoms with van der Waals surface area (Å²) in [4.78, 5) is 7.22. The Morgan fingerprint density at radius 3 is 2.95 bits per heavy atom. The molecule has 0 aliphatic rings. The van der Waals surface area contributed by atoms with Gasteiger partial charge in [0.15, 0.2) is 5.96 Å². The van der Waals surface area contributed by atoms with E-state index in [0.29, 0.717) is 6.54 Å². The van der Waals surface area contributed by atoms with E-state index >= 15 is 0 Å². The van der Waals surface area contributed by atoms with E-state index < -0.39 is 0 Å². The van der Waals surface area contributed by atoms with Crippen molar-refractivity contribution in [3.63, 3.8) is 0 Å². The fourth-order valence-corrected chi connectivity index (χ4v) is 2.22. The average Bonchev–Trinajstić information content (AvgIpc) is 2.84. The van der Waals surface area contributed by atoms with Crippen LogP contribution in [0.1, 0.15) is 5.56 Å². The molecule has 0 saturated carbocycles. The van der Waals surface area contributed by atoms with Gasteiger partial charge in [-0.2, -0.15) is 0 Å². The van der Waals surface area contributed by atoms with Crippen molar-refractivity contribution in [3.8, 4) is 0 Å². The Labute approximate surface area is 131 Å². The molecule has 2 rings (SSSR count). The Balaban J connectivity index is 1.91. The third-order valence-corrected chi connectivity index (χ3v) is 3.37. The summed E-state index contributed by atoms with van der Waals surface area (Å²) in [6.45, 7) is 5.11. The first-order valence-electron chi connectivity index (χ1n) is 6.63. The number of fused-ring (bicyclic) bond motifs is 1. The van der Waals surface area contributed by atoms with E-state index in [1.54, 1.807) is 13.1 Å². The van der Waals surface area contributed by atoms with Crippen molar-refractivity contribution in [2.75, 3.05) is 20.1 Å². The molecule has 0 atom stereocenters. The molecule has 0 aliphatic heterocycles. The maximum Gasteiger partial charge on any atom is 0.191 e. The Hall–Kier alpha value is -1.82. The SMILES string of the molecule is C=C(Br)CNC(=NC)NCCc1c[nH]c2cc(F)ccc12. The topological polar surface area (TPSA) is 52.2 Å². The molecule has 0 fully saturated rings. The molecule has 1 aromatic heterocycles. The quantitative estimate of drug-likeness (QED) is 0.572. The summed E-state index contributed by atoms with van der Waals surface area (Å²) >= 11 is 3.29. The van der Waals surface area contributed by atoms with Gasteiger partial charge in [0.05, 0.1) is 0 Å². The highest BCUT2D eigenvalue weighted by Crippen LogP contribution is 2.19. The van der Waals surface area contributed by atoms with Crippen LogP contribution in [0.15, 0.2) is 40.4 Å². The van der Waals surface area contributed by atoms with Crippen molar-refractivity contribution in [2.45, 2.75) is 6.42 Å². The monoisotopic (exact) mass is 352 g/mol. The molecule has 0 unspecified atom stereocenters. The van der Waals surface area contributed by atoms with Crippen LogP contribution in [-0.2, 0) is 6.42 Å². The fourth-order valence-electron chi connectivity index (χ4n) is 2.08. The van der Waals surface area contributed by atoms with Crippen LogP contribution in [0.5, 0.6) is 0 Å². The number of H-pyrrole nitrogens is 1. The fraction of sp³-hybridized carbons (Fsp3) is 0.267. The van der Waals surface area contributed by atoms with E-state index in [0.717, 1.165) is 39.9 Å². The van der Waals surface area contributed by atoms with Gasteiger partial charge in [-0.3, -0.25) is 4.99 Å². The van der Waals surface area contributed by atoms with E-state index in [1.807, 2.05) is 6.20 Å². The molecule has 0 aliphatic carbocycles. The zero-order valence-corrected chi connectivity index (χ0v) is 13.4. The number of rotatable bonds is 5. The molecule has 1 aromatic carbocycles. The number of nitrogens with one attached hydrogen (secondary N) is 3. The van der Waals surface area contributed by atoms with Crippen LogP contribution < -0.4 is 10.6 Å². The zero-order valence-electron chi connectivity index (χ0n) is 11.8. The van der Waals surface area contributed by atoms with Gasteiger partial charge in [-0.1, -0.05) is 22.5 Å². The minimum absolute atomic E-state index is 0.228. The lowest BCUT2D eigenvalue weighted by Crippen LogP contribution is -2.38. The first-order chi connectivity index (χ1) is 10.1. The van der Waals surface area contributed by atoms with Crippen molar-refractivity contribution in [3.05, 3.63) is 46.8 Å². The van der Waals surface area contributed by atoms with Crippen molar-refractivity contribution in [1.82, 2.24) is 15.6 Å². The Morgan fingerprint density at radius 2 is 2.24 bits per heavy atom. The van der Waals surface area contributed by atoms with Gasteiger partial charge in [0.25, 0.3) is 0 Å². The van der Waals surface area contributed by atoms with Crippen molar-refractivity contribution in [2.24, 2.45) is 4.99 Å². The molecule has 0 bridgehead atoms. The summed E-state index contributed by atoms with van der Waals surface area (Å²) in [6, 6.07) is 4.79. The third kappa shape index (κ3) is 4.32. The molecule has 0 radical (unpaired) electrons. The molecule has 0 spiro atoms. The highest BCUT2D eigenvalue weighted by molar-refractivity contribution is 9.11. The van der Waals surface area contributed by atoms with Gasteiger partial charge in [0, 0.05) is 41.7 Å². The largest absolute Gasteiger partial charge is 0.361 e. The number of aromatic amines is 1. The summed E-state index contributed by atoms with van der Waals surface area (Å²) in [7, 11) is 1.72. The minimum Gasteiger partial charge on any atom is -0.361 e. The number of aromatic nitrogens is 1. The van der Waals surface area contributed by atoms with Crippen LogP contribution in [0, 0.1) is 5.82 Å². The van der Waals surface area contributed by atoms with E-state index in [4.69, 9.17) is 0 Å². The second-order valence-corrected chi connectivity index (χ2v) is 5.75. The predicted octanol–water partition coefficient (Wildman–Crippen LogP) is 2.92. The maximum absolute atomic E-state index is 13.1. The van der Waals surface area contributed by atoms with Crippen molar-refractivity contribution < 1.29 is 4.39 Å². The molecule has 2 aromatic rings. The van der Waals surface area contributed by atoms with Crippen LogP contribution in [0.25, 0.3) is 10.9 Å². The standard InChI is InChI=1S/C15H18BrFN4/c1-10(16)8-21-15(18-2)19-6-5-11-9-20-14-7-12(17)3-4-13(11)14/h3-4,7,9,20H,1,5-6,8H2,2H3,(H2,18,19,21). The lowest BCUT2D eigenvalue weighted by Gasteiger charge is -2.11. The summed E-state index contributed by atoms with van der Waals surface area (Å²) in [6.07, 6.45) is 2.74. The molecule has 1 heterocycles. The highest BCUT2D eigenvalue weighted by Gasteiger charge is 2.05. The second-order valence-electron chi connectivity index (χ2n) is 4.62. The number of guanidine groups is 1.